The number of rotatable bonds is 3. The van der Waals surface area contributed by atoms with E-state index in [0.717, 1.165) is 17.1 Å². The zero-order valence-corrected chi connectivity index (χ0v) is 10.3. The Morgan fingerprint density at radius 3 is 2.56 bits per heavy atom. The third-order valence-electron chi connectivity index (χ3n) is 2.74. The molecule has 2 aromatic rings. The van der Waals surface area contributed by atoms with Gasteiger partial charge in [0.15, 0.2) is 0 Å². The molecule has 0 unspecified atom stereocenters. The third-order valence-corrected chi connectivity index (χ3v) is 2.74. The third kappa shape index (κ3) is 2.25. The molecule has 0 fully saturated rings. The molecule has 0 radical (unpaired) electrons. The van der Waals surface area contributed by atoms with E-state index in [1.807, 2.05) is 36.2 Å². The summed E-state index contributed by atoms with van der Waals surface area (Å²) in [4.78, 5) is 5.98. The summed E-state index contributed by atoms with van der Waals surface area (Å²) in [6, 6.07) is 11.5. The number of anilines is 2. The molecule has 18 heavy (non-hydrogen) atoms. The van der Waals surface area contributed by atoms with E-state index in [1.165, 1.54) is 0 Å². The zero-order valence-electron chi connectivity index (χ0n) is 10.3. The maximum atomic E-state index is 9.07. The van der Waals surface area contributed by atoms with Crippen molar-refractivity contribution in [3.05, 3.63) is 48.3 Å². The summed E-state index contributed by atoms with van der Waals surface area (Å²) < 4.78 is 5.12. The average molecular weight is 239 g/mol. The van der Waals surface area contributed by atoms with E-state index in [9.17, 15) is 0 Å². The van der Waals surface area contributed by atoms with Crippen molar-refractivity contribution in [1.82, 2.24) is 4.98 Å². The molecule has 0 saturated carbocycles. The van der Waals surface area contributed by atoms with Gasteiger partial charge in [-0.15, -0.1) is 0 Å². The molecule has 90 valence electrons. The van der Waals surface area contributed by atoms with Crippen molar-refractivity contribution in [2.75, 3.05) is 19.1 Å². The van der Waals surface area contributed by atoms with E-state index >= 15 is 0 Å². The van der Waals surface area contributed by atoms with Gasteiger partial charge >= 0.3 is 0 Å². The highest BCUT2D eigenvalue weighted by Gasteiger charge is 2.09. The van der Waals surface area contributed by atoms with Gasteiger partial charge in [-0.05, 0) is 30.3 Å². The molecule has 4 nitrogen and oxygen atoms in total. The number of aromatic nitrogens is 1. The van der Waals surface area contributed by atoms with Crippen LogP contribution in [0.25, 0.3) is 0 Å². The van der Waals surface area contributed by atoms with Crippen molar-refractivity contribution in [1.29, 1.82) is 5.26 Å². The van der Waals surface area contributed by atoms with Gasteiger partial charge in [-0.2, -0.15) is 5.26 Å². The average Bonchev–Trinajstić information content (AvgIpc) is 2.46. The molecule has 0 bridgehead atoms. The van der Waals surface area contributed by atoms with Crippen molar-refractivity contribution in [2.45, 2.75) is 0 Å². The van der Waals surface area contributed by atoms with Crippen molar-refractivity contribution in [3.63, 3.8) is 0 Å². The molecule has 0 saturated heterocycles. The second-order valence-electron chi connectivity index (χ2n) is 3.76. The molecule has 0 amide bonds. The predicted molar refractivity (Wildman–Crippen MR) is 70.0 cm³/mol. The molecule has 0 N–H and O–H groups in total. The van der Waals surface area contributed by atoms with Crippen LogP contribution in [0.3, 0.4) is 0 Å². The number of pyridine rings is 1. The van der Waals surface area contributed by atoms with Crippen LogP contribution in [-0.2, 0) is 0 Å². The Bertz CT molecular complexity index is 572. The minimum Gasteiger partial charge on any atom is -0.497 e. The zero-order chi connectivity index (χ0) is 13.0. The highest BCUT2D eigenvalue weighted by atomic mass is 16.5. The van der Waals surface area contributed by atoms with Crippen molar-refractivity contribution < 1.29 is 4.74 Å². The predicted octanol–water partition coefficient (Wildman–Crippen LogP) is 2.73. The molecular formula is C14H13N3O. The van der Waals surface area contributed by atoms with E-state index in [2.05, 4.69) is 11.1 Å². The largest absolute Gasteiger partial charge is 0.497 e. The molecule has 0 spiro atoms. The maximum Gasteiger partial charge on any atom is 0.119 e. The van der Waals surface area contributed by atoms with Crippen LogP contribution in [0.15, 0.2) is 42.7 Å². The van der Waals surface area contributed by atoms with Gasteiger partial charge < -0.3 is 9.64 Å². The molecule has 1 aromatic carbocycles. The Morgan fingerprint density at radius 1 is 1.22 bits per heavy atom. The van der Waals surface area contributed by atoms with Gasteiger partial charge in [-0.1, -0.05) is 0 Å². The smallest absolute Gasteiger partial charge is 0.119 e. The number of ether oxygens (including phenoxy) is 1. The number of hydrogen-bond donors (Lipinski definition) is 0. The van der Waals surface area contributed by atoms with Crippen LogP contribution in [-0.4, -0.2) is 19.1 Å². The first kappa shape index (κ1) is 11.9. The van der Waals surface area contributed by atoms with E-state index in [-0.39, 0.29) is 0 Å². The van der Waals surface area contributed by atoms with Crippen LogP contribution in [0.4, 0.5) is 11.4 Å². The van der Waals surface area contributed by atoms with E-state index in [0.29, 0.717) is 5.56 Å². The first-order valence-electron chi connectivity index (χ1n) is 5.48. The molecule has 1 aromatic heterocycles. The van der Waals surface area contributed by atoms with Gasteiger partial charge in [0, 0.05) is 18.9 Å². The van der Waals surface area contributed by atoms with Gasteiger partial charge in [0.2, 0.25) is 0 Å². The van der Waals surface area contributed by atoms with Crippen LogP contribution < -0.4 is 9.64 Å². The Balaban J connectivity index is 2.35. The molecular weight excluding hydrogens is 226 g/mol. The maximum absolute atomic E-state index is 9.07. The highest BCUT2D eigenvalue weighted by molar-refractivity contribution is 5.67. The number of nitrogens with zero attached hydrogens (tertiary/aromatic N) is 3. The lowest BCUT2D eigenvalue weighted by Gasteiger charge is -2.20. The normalized spacial score (nSPS) is 9.61. The molecule has 2 rings (SSSR count). The topological polar surface area (TPSA) is 49.1 Å². The van der Waals surface area contributed by atoms with Crippen LogP contribution in [0.2, 0.25) is 0 Å². The second kappa shape index (κ2) is 5.19. The minimum absolute atomic E-state index is 0.600. The lowest BCUT2D eigenvalue weighted by molar-refractivity contribution is 0.415. The summed E-state index contributed by atoms with van der Waals surface area (Å²) >= 11 is 0. The fraction of sp³-hybridized carbons (Fsp3) is 0.143. The van der Waals surface area contributed by atoms with Crippen LogP contribution in [0.1, 0.15) is 5.56 Å². The summed E-state index contributed by atoms with van der Waals surface area (Å²) in [5.41, 5.74) is 2.36. The standard InChI is InChI=1S/C14H13N3O/c1-17(12-3-5-13(18-2)6-4-12)14-10-16-8-7-11(14)9-15/h3-8,10H,1-2H3. The van der Waals surface area contributed by atoms with Gasteiger partial charge in [0.25, 0.3) is 0 Å². The lowest BCUT2D eigenvalue weighted by Crippen LogP contribution is -2.11. The first-order chi connectivity index (χ1) is 8.76. The van der Waals surface area contributed by atoms with Crippen LogP contribution in [0.5, 0.6) is 5.75 Å². The summed E-state index contributed by atoms with van der Waals surface area (Å²) in [5.74, 6) is 0.804. The number of methoxy groups -OCH3 is 1. The van der Waals surface area contributed by atoms with Crippen LogP contribution >= 0.6 is 0 Å². The van der Waals surface area contributed by atoms with Crippen molar-refractivity contribution in [2.24, 2.45) is 0 Å². The van der Waals surface area contributed by atoms with Gasteiger partial charge in [-0.25, -0.2) is 0 Å². The molecule has 0 aliphatic rings. The summed E-state index contributed by atoms with van der Waals surface area (Å²) in [6.07, 6.45) is 3.30. The van der Waals surface area contributed by atoms with E-state index < -0.39 is 0 Å². The number of benzene rings is 1. The van der Waals surface area contributed by atoms with E-state index in [1.54, 1.807) is 25.6 Å². The Kier molecular flexibility index (Phi) is 3.44. The summed E-state index contributed by atoms with van der Waals surface area (Å²) in [6.45, 7) is 0. The minimum atomic E-state index is 0.600. The summed E-state index contributed by atoms with van der Waals surface area (Å²) in [5, 5.41) is 9.07. The van der Waals surface area contributed by atoms with Crippen LogP contribution in [0, 0.1) is 11.3 Å². The fourth-order valence-corrected chi connectivity index (χ4v) is 1.69. The van der Waals surface area contributed by atoms with Gasteiger partial charge in [-0.3, -0.25) is 4.98 Å². The van der Waals surface area contributed by atoms with Gasteiger partial charge in [0.05, 0.1) is 24.6 Å². The number of nitriles is 1. The van der Waals surface area contributed by atoms with Crippen molar-refractivity contribution in [3.8, 4) is 11.8 Å². The molecule has 4 heteroatoms. The lowest BCUT2D eigenvalue weighted by atomic mass is 10.2. The van der Waals surface area contributed by atoms with Gasteiger partial charge in [0.1, 0.15) is 11.8 Å². The monoisotopic (exact) mass is 239 g/mol. The quantitative estimate of drug-likeness (QED) is 0.826. The SMILES string of the molecule is COc1ccc(N(C)c2cnccc2C#N)cc1. The molecule has 0 aliphatic carbocycles. The van der Waals surface area contributed by atoms with Crippen molar-refractivity contribution >= 4 is 11.4 Å². The Morgan fingerprint density at radius 2 is 1.94 bits per heavy atom. The Labute approximate surface area is 106 Å². The molecule has 0 atom stereocenters. The first-order valence-corrected chi connectivity index (χ1v) is 5.48. The molecule has 1 heterocycles. The number of hydrogen-bond acceptors (Lipinski definition) is 4. The Hall–Kier alpha value is -2.54. The van der Waals surface area contributed by atoms with E-state index in [4.69, 9.17) is 10.00 Å². The highest BCUT2D eigenvalue weighted by Crippen LogP contribution is 2.27. The summed E-state index contributed by atoms with van der Waals surface area (Å²) in [7, 11) is 3.54. The second-order valence-corrected chi connectivity index (χ2v) is 3.76. The fourth-order valence-electron chi connectivity index (χ4n) is 1.69. The molecule has 0 aliphatic heterocycles.